The van der Waals surface area contributed by atoms with Gasteiger partial charge in [0.15, 0.2) is 0 Å². The highest BCUT2D eigenvalue weighted by Gasteiger charge is 2.18. The van der Waals surface area contributed by atoms with E-state index >= 15 is 0 Å². The molecule has 0 aromatic heterocycles. The smallest absolute Gasteiger partial charge is 0.306 e. The summed E-state index contributed by atoms with van der Waals surface area (Å²) in [5.41, 5.74) is -0.341. The lowest BCUT2D eigenvalue weighted by Crippen LogP contribution is -2.42. The first-order valence-electron chi connectivity index (χ1n) is 5.42. The number of carbonyl (C=O) groups is 1. The molecule has 1 atom stereocenters. The molecule has 1 aliphatic rings. The summed E-state index contributed by atoms with van der Waals surface area (Å²) in [5, 5.41) is 3.32. The Morgan fingerprint density at radius 3 is 2.47 bits per heavy atom. The van der Waals surface area contributed by atoms with E-state index in [1.807, 2.05) is 20.8 Å². The minimum atomic E-state index is -0.341. The van der Waals surface area contributed by atoms with E-state index in [9.17, 15) is 4.79 Å². The standard InChI is InChI=1S/C11H21NO2.H2S/c1-11(2,3)14-10(13)6-4-5-9-7-8-12-9;/h9,12H,4-8H2,1-3H3;1H2. The van der Waals surface area contributed by atoms with E-state index < -0.39 is 0 Å². The number of esters is 1. The largest absolute Gasteiger partial charge is 0.460 e. The van der Waals surface area contributed by atoms with Gasteiger partial charge >= 0.3 is 5.97 Å². The van der Waals surface area contributed by atoms with Crippen LogP contribution in [0.2, 0.25) is 0 Å². The summed E-state index contributed by atoms with van der Waals surface area (Å²) in [6.45, 7) is 6.84. The zero-order valence-electron chi connectivity index (χ0n) is 9.93. The average Bonchev–Trinajstić information content (AvgIpc) is 1.90. The Morgan fingerprint density at radius 1 is 1.47 bits per heavy atom. The van der Waals surface area contributed by atoms with Crippen molar-refractivity contribution < 1.29 is 9.53 Å². The topological polar surface area (TPSA) is 38.3 Å². The maximum absolute atomic E-state index is 11.3. The first-order chi connectivity index (χ1) is 6.47. The van der Waals surface area contributed by atoms with Crippen molar-refractivity contribution in [3.8, 4) is 0 Å². The average molecular weight is 233 g/mol. The van der Waals surface area contributed by atoms with E-state index in [0.717, 1.165) is 19.4 Å². The minimum absolute atomic E-state index is 0. The van der Waals surface area contributed by atoms with Crippen molar-refractivity contribution >= 4 is 19.5 Å². The molecule has 0 aliphatic carbocycles. The normalized spacial score (nSPS) is 20.1. The monoisotopic (exact) mass is 233 g/mol. The maximum Gasteiger partial charge on any atom is 0.306 e. The number of nitrogens with one attached hydrogen (secondary N) is 1. The predicted octanol–water partition coefficient (Wildman–Crippen LogP) is 1.97. The van der Waals surface area contributed by atoms with Crippen LogP contribution in [0.4, 0.5) is 0 Å². The Balaban J connectivity index is 0.00000196. The molecule has 90 valence electrons. The summed E-state index contributed by atoms with van der Waals surface area (Å²) < 4.78 is 5.21. The van der Waals surface area contributed by atoms with Crippen LogP contribution in [0, 0.1) is 0 Å². The highest BCUT2D eigenvalue weighted by molar-refractivity contribution is 7.59. The molecule has 0 spiro atoms. The molecule has 1 unspecified atom stereocenters. The van der Waals surface area contributed by atoms with Gasteiger partial charge in [-0.15, -0.1) is 0 Å². The van der Waals surface area contributed by atoms with Crippen LogP contribution < -0.4 is 5.32 Å². The highest BCUT2D eigenvalue weighted by atomic mass is 32.1. The lowest BCUT2D eigenvalue weighted by Gasteiger charge is -2.27. The Kier molecular flexibility index (Phi) is 6.29. The van der Waals surface area contributed by atoms with Crippen molar-refractivity contribution in [2.45, 2.75) is 58.1 Å². The van der Waals surface area contributed by atoms with Crippen molar-refractivity contribution in [2.24, 2.45) is 0 Å². The Hall–Kier alpha value is -0.220. The fraction of sp³-hybridized carbons (Fsp3) is 0.909. The molecule has 0 radical (unpaired) electrons. The summed E-state index contributed by atoms with van der Waals surface area (Å²) in [6.07, 6.45) is 3.84. The van der Waals surface area contributed by atoms with E-state index in [1.165, 1.54) is 6.42 Å². The summed E-state index contributed by atoms with van der Waals surface area (Å²) >= 11 is 0. The third kappa shape index (κ3) is 6.79. The molecule has 0 aromatic rings. The van der Waals surface area contributed by atoms with Gasteiger partial charge in [0.05, 0.1) is 0 Å². The van der Waals surface area contributed by atoms with Crippen molar-refractivity contribution in [3.63, 3.8) is 0 Å². The number of carbonyl (C=O) groups excluding carboxylic acids is 1. The van der Waals surface area contributed by atoms with Crippen LogP contribution in [0.15, 0.2) is 0 Å². The second kappa shape index (κ2) is 6.38. The third-order valence-corrected chi connectivity index (χ3v) is 2.28. The Labute approximate surface area is 99.4 Å². The summed E-state index contributed by atoms with van der Waals surface area (Å²) in [6, 6.07) is 0.650. The second-order valence-corrected chi connectivity index (χ2v) is 4.92. The second-order valence-electron chi connectivity index (χ2n) is 4.92. The van der Waals surface area contributed by atoms with Gasteiger partial charge in [0.1, 0.15) is 5.60 Å². The third-order valence-electron chi connectivity index (χ3n) is 2.28. The van der Waals surface area contributed by atoms with Crippen LogP contribution in [-0.4, -0.2) is 24.2 Å². The van der Waals surface area contributed by atoms with E-state index in [0.29, 0.717) is 12.5 Å². The summed E-state index contributed by atoms with van der Waals surface area (Å²) in [7, 11) is 0. The van der Waals surface area contributed by atoms with Gasteiger partial charge in [0, 0.05) is 12.5 Å². The van der Waals surface area contributed by atoms with E-state index in [1.54, 1.807) is 0 Å². The van der Waals surface area contributed by atoms with Gasteiger partial charge in [-0.25, -0.2) is 0 Å². The molecule has 1 heterocycles. The highest BCUT2D eigenvalue weighted by Crippen LogP contribution is 2.13. The van der Waals surface area contributed by atoms with E-state index in [-0.39, 0.29) is 25.1 Å². The molecule has 1 rings (SSSR count). The fourth-order valence-electron chi connectivity index (χ4n) is 1.48. The number of rotatable bonds is 4. The van der Waals surface area contributed by atoms with Crippen LogP contribution in [0.1, 0.15) is 46.5 Å². The number of hydrogen-bond acceptors (Lipinski definition) is 3. The van der Waals surface area contributed by atoms with Crippen molar-refractivity contribution in [1.29, 1.82) is 0 Å². The Morgan fingerprint density at radius 2 is 2.07 bits per heavy atom. The molecular formula is C11H23NO2S. The van der Waals surface area contributed by atoms with Gasteiger partial charge in [-0.1, -0.05) is 0 Å². The lowest BCUT2D eigenvalue weighted by molar-refractivity contribution is -0.154. The first kappa shape index (κ1) is 14.8. The van der Waals surface area contributed by atoms with Gasteiger partial charge in [-0.2, -0.15) is 13.5 Å². The van der Waals surface area contributed by atoms with Crippen LogP contribution in [0.3, 0.4) is 0 Å². The molecular weight excluding hydrogens is 210 g/mol. The molecule has 1 fully saturated rings. The van der Waals surface area contributed by atoms with Crippen molar-refractivity contribution in [3.05, 3.63) is 0 Å². The minimum Gasteiger partial charge on any atom is -0.460 e. The first-order valence-corrected chi connectivity index (χ1v) is 5.42. The number of ether oxygens (including phenoxy) is 1. The number of hydrogen-bond donors (Lipinski definition) is 1. The van der Waals surface area contributed by atoms with Crippen LogP contribution in [-0.2, 0) is 9.53 Å². The van der Waals surface area contributed by atoms with Crippen LogP contribution >= 0.6 is 13.5 Å². The molecule has 1 saturated heterocycles. The molecule has 0 aromatic carbocycles. The fourth-order valence-corrected chi connectivity index (χ4v) is 1.48. The maximum atomic E-state index is 11.3. The van der Waals surface area contributed by atoms with Crippen LogP contribution in [0.5, 0.6) is 0 Å². The zero-order chi connectivity index (χ0) is 10.6. The summed E-state index contributed by atoms with van der Waals surface area (Å²) in [4.78, 5) is 11.3. The van der Waals surface area contributed by atoms with Gasteiger partial charge in [-0.05, 0) is 46.6 Å². The van der Waals surface area contributed by atoms with E-state index in [4.69, 9.17) is 4.74 Å². The van der Waals surface area contributed by atoms with Crippen molar-refractivity contribution in [2.75, 3.05) is 6.54 Å². The molecule has 1 aliphatic heterocycles. The Bertz CT molecular complexity index is 197. The molecule has 3 nitrogen and oxygen atoms in total. The van der Waals surface area contributed by atoms with Crippen molar-refractivity contribution in [1.82, 2.24) is 5.32 Å². The van der Waals surface area contributed by atoms with Gasteiger partial charge in [0.25, 0.3) is 0 Å². The molecule has 0 saturated carbocycles. The quantitative estimate of drug-likeness (QED) is 0.755. The predicted molar refractivity (Wildman–Crippen MR) is 66.5 cm³/mol. The molecule has 0 bridgehead atoms. The van der Waals surface area contributed by atoms with E-state index in [2.05, 4.69) is 5.32 Å². The van der Waals surface area contributed by atoms with Gasteiger partial charge in [0.2, 0.25) is 0 Å². The molecule has 4 heteroatoms. The lowest BCUT2D eigenvalue weighted by atomic mass is 10.0. The summed E-state index contributed by atoms with van der Waals surface area (Å²) in [5.74, 6) is -0.0724. The zero-order valence-corrected chi connectivity index (χ0v) is 10.9. The van der Waals surface area contributed by atoms with Crippen LogP contribution in [0.25, 0.3) is 0 Å². The van der Waals surface area contributed by atoms with Gasteiger partial charge in [-0.3, -0.25) is 4.79 Å². The van der Waals surface area contributed by atoms with Gasteiger partial charge < -0.3 is 10.1 Å². The molecule has 0 amide bonds. The molecule has 15 heavy (non-hydrogen) atoms. The SMILES string of the molecule is CC(C)(C)OC(=O)CCCC1CCN1.S. The molecule has 1 N–H and O–H groups in total.